The first kappa shape index (κ1) is 22.9. The summed E-state index contributed by atoms with van der Waals surface area (Å²) >= 11 is 9.57. The molecule has 0 unspecified atom stereocenters. The Morgan fingerprint density at radius 2 is 1.93 bits per heavy atom. The summed E-state index contributed by atoms with van der Waals surface area (Å²) in [7, 11) is -3.90. The lowest BCUT2D eigenvalue weighted by Crippen LogP contribution is -2.36. The summed E-state index contributed by atoms with van der Waals surface area (Å²) in [4.78, 5) is 12.0. The lowest BCUT2D eigenvalue weighted by Gasteiger charge is -2.29. The number of benzene rings is 2. The van der Waals surface area contributed by atoms with Gasteiger partial charge in [0.25, 0.3) is 0 Å². The molecule has 2 rings (SSSR count). The van der Waals surface area contributed by atoms with Gasteiger partial charge in [-0.2, -0.15) is 4.31 Å². The van der Waals surface area contributed by atoms with Crippen molar-refractivity contribution < 1.29 is 17.9 Å². The number of carbonyl (C=O) groups excluding carboxylic acids is 1. The largest absolute Gasteiger partial charge is 0.466 e. The summed E-state index contributed by atoms with van der Waals surface area (Å²) in [6.45, 7) is 5.43. The van der Waals surface area contributed by atoms with Gasteiger partial charge in [-0.15, -0.1) is 0 Å². The normalized spacial score (nSPS) is 12.8. The van der Waals surface area contributed by atoms with Gasteiger partial charge in [0.05, 0.1) is 17.9 Å². The molecule has 0 bridgehead atoms. The van der Waals surface area contributed by atoms with E-state index in [0.717, 1.165) is 10.0 Å². The molecule has 0 saturated carbocycles. The van der Waals surface area contributed by atoms with Crippen LogP contribution < -0.4 is 0 Å². The van der Waals surface area contributed by atoms with Gasteiger partial charge in [-0.25, -0.2) is 8.42 Å². The van der Waals surface area contributed by atoms with Gasteiger partial charge in [-0.1, -0.05) is 45.7 Å². The fourth-order valence-corrected chi connectivity index (χ4v) is 5.40. The van der Waals surface area contributed by atoms with E-state index < -0.39 is 22.0 Å². The first-order chi connectivity index (χ1) is 13.2. The summed E-state index contributed by atoms with van der Waals surface area (Å²) in [6.07, 6.45) is -0.0367. The molecule has 0 aliphatic rings. The second-order valence-electron chi connectivity index (χ2n) is 6.26. The van der Waals surface area contributed by atoms with Gasteiger partial charge in [-0.3, -0.25) is 4.79 Å². The van der Waals surface area contributed by atoms with Crippen LogP contribution in [0.25, 0.3) is 0 Å². The van der Waals surface area contributed by atoms with E-state index in [0.29, 0.717) is 10.6 Å². The maximum Gasteiger partial charge on any atom is 0.307 e. The average Bonchev–Trinajstić information content (AvgIpc) is 2.63. The highest BCUT2D eigenvalue weighted by Gasteiger charge is 2.32. The quantitative estimate of drug-likeness (QED) is 0.484. The van der Waals surface area contributed by atoms with Crippen LogP contribution in [0.2, 0.25) is 5.02 Å². The van der Waals surface area contributed by atoms with E-state index in [-0.39, 0.29) is 24.5 Å². The molecule has 2 aromatic carbocycles. The van der Waals surface area contributed by atoms with E-state index in [9.17, 15) is 13.2 Å². The molecule has 0 aromatic heterocycles. The van der Waals surface area contributed by atoms with Crippen molar-refractivity contribution in [2.75, 3.05) is 13.2 Å². The molecule has 0 heterocycles. The van der Waals surface area contributed by atoms with Crippen molar-refractivity contribution in [2.24, 2.45) is 0 Å². The SMILES string of the molecule is CCOC(=O)CCN([C@@H](C)c1cccc(Br)c1)S(=O)(=O)c1cccc(Cl)c1C. The van der Waals surface area contributed by atoms with E-state index in [4.69, 9.17) is 16.3 Å². The topological polar surface area (TPSA) is 63.7 Å². The molecule has 0 aliphatic carbocycles. The number of hydrogen-bond acceptors (Lipinski definition) is 4. The van der Waals surface area contributed by atoms with Crippen molar-refractivity contribution in [1.29, 1.82) is 0 Å². The van der Waals surface area contributed by atoms with Crippen LogP contribution in [-0.2, 0) is 19.6 Å². The van der Waals surface area contributed by atoms with Crippen LogP contribution >= 0.6 is 27.5 Å². The van der Waals surface area contributed by atoms with Crippen molar-refractivity contribution in [3.8, 4) is 0 Å². The number of nitrogens with zero attached hydrogens (tertiary/aromatic N) is 1. The molecule has 8 heteroatoms. The zero-order valence-corrected chi connectivity index (χ0v) is 19.1. The van der Waals surface area contributed by atoms with Crippen LogP contribution in [0, 0.1) is 6.92 Å². The molecule has 0 fully saturated rings. The van der Waals surface area contributed by atoms with Gasteiger partial charge >= 0.3 is 5.97 Å². The lowest BCUT2D eigenvalue weighted by molar-refractivity contribution is -0.143. The predicted octanol–water partition coefficient (Wildman–Crippen LogP) is 5.12. The average molecular weight is 489 g/mol. The molecule has 28 heavy (non-hydrogen) atoms. The Morgan fingerprint density at radius 1 is 1.25 bits per heavy atom. The van der Waals surface area contributed by atoms with E-state index in [1.54, 1.807) is 32.9 Å². The first-order valence-electron chi connectivity index (χ1n) is 8.86. The Hall–Kier alpha value is -1.41. The van der Waals surface area contributed by atoms with Gasteiger partial charge in [-0.05, 0) is 56.2 Å². The summed E-state index contributed by atoms with van der Waals surface area (Å²) in [6, 6.07) is 11.7. The highest BCUT2D eigenvalue weighted by molar-refractivity contribution is 9.10. The monoisotopic (exact) mass is 487 g/mol. The van der Waals surface area contributed by atoms with E-state index >= 15 is 0 Å². The highest BCUT2D eigenvalue weighted by atomic mass is 79.9. The maximum atomic E-state index is 13.5. The third-order valence-corrected chi connectivity index (χ3v) is 7.43. The van der Waals surface area contributed by atoms with Gasteiger partial charge in [0.2, 0.25) is 10.0 Å². The van der Waals surface area contributed by atoms with Gasteiger partial charge in [0, 0.05) is 22.1 Å². The first-order valence-corrected chi connectivity index (χ1v) is 11.5. The van der Waals surface area contributed by atoms with Gasteiger partial charge in [0.15, 0.2) is 0 Å². The van der Waals surface area contributed by atoms with Gasteiger partial charge in [0.1, 0.15) is 0 Å². The van der Waals surface area contributed by atoms with Crippen LogP contribution in [0.3, 0.4) is 0 Å². The second kappa shape index (κ2) is 9.87. The number of hydrogen-bond donors (Lipinski definition) is 0. The summed E-state index contributed by atoms with van der Waals surface area (Å²) in [5, 5.41) is 0.376. The van der Waals surface area contributed by atoms with Crippen molar-refractivity contribution in [3.05, 3.63) is 63.1 Å². The molecule has 0 aliphatic heterocycles. The fraction of sp³-hybridized carbons (Fsp3) is 0.350. The Balaban J connectivity index is 2.47. The lowest BCUT2D eigenvalue weighted by atomic mass is 10.1. The zero-order valence-electron chi connectivity index (χ0n) is 16.0. The Kier molecular flexibility index (Phi) is 8.07. The maximum absolute atomic E-state index is 13.5. The molecular formula is C20H23BrClNO4S. The van der Waals surface area contributed by atoms with Crippen LogP contribution in [0.1, 0.15) is 37.4 Å². The molecule has 152 valence electrons. The molecule has 2 aromatic rings. The number of sulfonamides is 1. The van der Waals surface area contributed by atoms with Crippen molar-refractivity contribution in [3.63, 3.8) is 0 Å². The molecule has 0 amide bonds. The van der Waals surface area contributed by atoms with Crippen LogP contribution in [-0.4, -0.2) is 31.8 Å². The van der Waals surface area contributed by atoms with E-state index in [1.807, 2.05) is 24.3 Å². The third kappa shape index (κ3) is 5.35. The fourth-order valence-electron chi connectivity index (χ4n) is 2.88. The van der Waals surface area contributed by atoms with Crippen molar-refractivity contribution >= 4 is 43.5 Å². The predicted molar refractivity (Wildman–Crippen MR) is 114 cm³/mol. The smallest absolute Gasteiger partial charge is 0.307 e. The Bertz CT molecular complexity index is 949. The molecule has 0 spiro atoms. The van der Waals surface area contributed by atoms with E-state index in [1.165, 1.54) is 10.4 Å². The van der Waals surface area contributed by atoms with Crippen LogP contribution in [0.4, 0.5) is 0 Å². The molecular weight excluding hydrogens is 466 g/mol. The number of ether oxygens (including phenoxy) is 1. The number of rotatable bonds is 8. The molecule has 0 radical (unpaired) electrons. The van der Waals surface area contributed by atoms with Crippen molar-refractivity contribution in [2.45, 2.75) is 38.1 Å². The number of halogens is 2. The Morgan fingerprint density at radius 3 is 2.57 bits per heavy atom. The summed E-state index contributed by atoms with van der Waals surface area (Å²) < 4.78 is 34.1. The number of carbonyl (C=O) groups is 1. The Labute approximate surface area is 179 Å². The van der Waals surface area contributed by atoms with Gasteiger partial charge < -0.3 is 4.74 Å². The minimum atomic E-state index is -3.90. The van der Waals surface area contributed by atoms with E-state index in [2.05, 4.69) is 15.9 Å². The number of esters is 1. The molecule has 0 saturated heterocycles. The second-order valence-corrected chi connectivity index (χ2v) is 9.45. The molecule has 1 atom stereocenters. The van der Waals surface area contributed by atoms with Crippen LogP contribution in [0.5, 0.6) is 0 Å². The molecule has 0 N–H and O–H groups in total. The minimum Gasteiger partial charge on any atom is -0.466 e. The zero-order chi connectivity index (χ0) is 20.9. The third-order valence-electron chi connectivity index (χ3n) is 4.41. The van der Waals surface area contributed by atoms with Crippen LogP contribution in [0.15, 0.2) is 51.8 Å². The summed E-state index contributed by atoms with van der Waals surface area (Å²) in [5.74, 6) is -0.438. The minimum absolute atomic E-state index is 0.000794. The summed E-state index contributed by atoms with van der Waals surface area (Å²) in [5.41, 5.74) is 1.29. The highest BCUT2D eigenvalue weighted by Crippen LogP contribution is 2.32. The standard InChI is InChI=1S/C20H23BrClNO4S/c1-4-27-20(24)11-12-23(15(3)16-7-5-8-17(21)13-16)28(25,26)19-10-6-9-18(22)14(19)2/h5-10,13,15H,4,11-12H2,1-3H3/t15-/m0/s1. The van der Waals surface area contributed by atoms with Crippen molar-refractivity contribution in [1.82, 2.24) is 4.31 Å². The molecule has 5 nitrogen and oxygen atoms in total.